The molecule has 0 radical (unpaired) electrons. The Labute approximate surface area is 79.4 Å². The maximum absolute atomic E-state index is 10.9. The third-order valence-corrected chi connectivity index (χ3v) is 2.51. The largest absolute Gasteiger partial charge is 0.464 e. The van der Waals surface area contributed by atoms with Crippen molar-refractivity contribution in [3.05, 3.63) is 0 Å². The molecule has 0 N–H and O–H groups in total. The highest BCUT2D eigenvalue weighted by atomic mass is 16.6. The van der Waals surface area contributed by atoms with E-state index in [1.54, 1.807) is 6.92 Å². The second-order valence-electron chi connectivity index (χ2n) is 3.48. The van der Waals surface area contributed by atoms with E-state index in [2.05, 4.69) is 6.92 Å². The summed E-state index contributed by atoms with van der Waals surface area (Å²) < 4.78 is 10.1. The highest BCUT2D eigenvalue weighted by Gasteiger charge is 2.28. The van der Waals surface area contributed by atoms with Gasteiger partial charge in [0.25, 0.3) is 0 Å². The molecule has 0 spiro atoms. The SMILES string of the molecule is CCOC(=O)COC1CC(CC)C1. The molecule has 3 heteroatoms. The lowest BCUT2D eigenvalue weighted by Gasteiger charge is -2.34. The van der Waals surface area contributed by atoms with Crippen molar-refractivity contribution in [1.82, 2.24) is 0 Å². The minimum atomic E-state index is -0.248. The van der Waals surface area contributed by atoms with Crippen LogP contribution in [-0.2, 0) is 14.3 Å². The highest BCUT2D eigenvalue weighted by Crippen LogP contribution is 2.32. The summed E-state index contributed by atoms with van der Waals surface area (Å²) in [5.41, 5.74) is 0. The molecule has 0 aliphatic heterocycles. The molecule has 3 nitrogen and oxygen atoms in total. The second kappa shape index (κ2) is 5.22. The molecule has 0 aromatic rings. The van der Waals surface area contributed by atoms with Gasteiger partial charge in [-0.15, -0.1) is 0 Å². The summed E-state index contributed by atoms with van der Waals surface area (Å²) in [6, 6.07) is 0. The fraction of sp³-hybridized carbons (Fsp3) is 0.900. The van der Waals surface area contributed by atoms with E-state index < -0.39 is 0 Å². The topological polar surface area (TPSA) is 35.5 Å². The second-order valence-corrected chi connectivity index (χ2v) is 3.48. The first kappa shape index (κ1) is 10.5. The molecule has 0 bridgehead atoms. The number of ether oxygens (including phenoxy) is 2. The van der Waals surface area contributed by atoms with Gasteiger partial charge in [0.1, 0.15) is 6.61 Å². The number of hydrogen-bond acceptors (Lipinski definition) is 3. The summed E-state index contributed by atoms with van der Waals surface area (Å²) >= 11 is 0. The lowest BCUT2D eigenvalue weighted by molar-refractivity contribution is -0.153. The minimum Gasteiger partial charge on any atom is -0.464 e. The van der Waals surface area contributed by atoms with Crippen LogP contribution < -0.4 is 0 Å². The Kier molecular flexibility index (Phi) is 4.22. The Bertz CT molecular complexity index is 162. The van der Waals surface area contributed by atoms with Gasteiger partial charge in [-0.2, -0.15) is 0 Å². The number of hydrogen-bond donors (Lipinski definition) is 0. The van der Waals surface area contributed by atoms with Crippen molar-refractivity contribution >= 4 is 5.97 Å². The van der Waals surface area contributed by atoms with Crippen molar-refractivity contribution in [3.63, 3.8) is 0 Å². The number of esters is 1. The normalized spacial score (nSPS) is 26.6. The predicted octanol–water partition coefficient (Wildman–Crippen LogP) is 1.75. The first-order valence-corrected chi connectivity index (χ1v) is 5.03. The van der Waals surface area contributed by atoms with Crippen LogP contribution >= 0.6 is 0 Å². The Morgan fingerprint density at radius 1 is 1.38 bits per heavy atom. The van der Waals surface area contributed by atoms with Gasteiger partial charge in [-0.3, -0.25) is 0 Å². The molecule has 0 heterocycles. The van der Waals surface area contributed by atoms with E-state index >= 15 is 0 Å². The number of carbonyl (C=O) groups is 1. The van der Waals surface area contributed by atoms with Gasteiger partial charge in [-0.25, -0.2) is 4.79 Å². The molecule has 0 amide bonds. The first-order chi connectivity index (χ1) is 6.26. The summed E-state index contributed by atoms with van der Waals surface area (Å²) in [6.07, 6.45) is 3.74. The summed E-state index contributed by atoms with van der Waals surface area (Å²) in [5, 5.41) is 0. The Morgan fingerprint density at radius 3 is 2.62 bits per heavy atom. The van der Waals surface area contributed by atoms with E-state index in [0.717, 1.165) is 18.8 Å². The summed E-state index contributed by atoms with van der Waals surface area (Å²) in [7, 11) is 0. The van der Waals surface area contributed by atoms with Crippen molar-refractivity contribution in [2.75, 3.05) is 13.2 Å². The molecule has 0 unspecified atom stereocenters. The molecule has 1 fully saturated rings. The standard InChI is InChI=1S/C10H18O3/c1-3-8-5-9(6-8)13-7-10(11)12-4-2/h8-9H,3-7H2,1-2H3. The fourth-order valence-electron chi connectivity index (χ4n) is 1.53. The Hall–Kier alpha value is -0.570. The lowest BCUT2D eigenvalue weighted by Crippen LogP contribution is -2.32. The predicted molar refractivity (Wildman–Crippen MR) is 49.4 cm³/mol. The van der Waals surface area contributed by atoms with E-state index in [9.17, 15) is 4.79 Å². The molecule has 13 heavy (non-hydrogen) atoms. The van der Waals surface area contributed by atoms with Crippen LogP contribution in [-0.4, -0.2) is 25.3 Å². The highest BCUT2D eigenvalue weighted by molar-refractivity contribution is 5.70. The lowest BCUT2D eigenvalue weighted by atomic mass is 9.80. The first-order valence-electron chi connectivity index (χ1n) is 5.03. The zero-order valence-corrected chi connectivity index (χ0v) is 8.41. The van der Waals surface area contributed by atoms with Crippen LogP contribution in [0.15, 0.2) is 0 Å². The van der Waals surface area contributed by atoms with Gasteiger partial charge in [0, 0.05) is 0 Å². The third-order valence-electron chi connectivity index (χ3n) is 2.51. The van der Waals surface area contributed by atoms with Gasteiger partial charge in [0.2, 0.25) is 0 Å². The summed E-state index contributed by atoms with van der Waals surface area (Å²) in [5.74, 6) is 0.564. The van der Waals surface area contributed by atoms with Gasteiger partial charge in [-0.05, 0) is 25.7 Å². The maximum atomic E-state index is 10.9. The van der Waals surface area contributed by atoms with Crippen molar-refractivity contribution in [2.24, 2.45) is 5.92 Å². The zero-order valence-electron chi connectivity index (χ0n) is 8.41. The molecule has 0 aromatic heterocycles. The molecular weight excluding hydrogens is 168 g/mol. The van der Waals surface area contributed by atoms with E-state index in [1.165, 1.54) is 6.42 Å². The smallest absolute Gasteiger partial charge is 0.332 e. The Balaban J connectivity index is 1.98. The van der Waals surface area contributed by atoms with E-state index in [4.69, 9.17) is 9.47 Å². The number of carbonyl (C=O) groups excluding carboxylic acids is 1. The third kappa shape index (κ3) is 3.35. The quantitative estimate of drug-likeness (QED) is 0.614. The van der Waals surface area contributed by atoms with Crippen molar-refractivity contribution in [2.45, 2.75) is 39.2 Å². The summed E-state index contributed by atoms with van der Waals surface area (Å²) in [4.78, 5) is 10.9. The molecule has 1 rings (SSSR count). The average Bonchev–Trinajstić information content (AvgIpc) is 2.02. The maximum Gasteiger partial charge on any atom is 0.332 e. The van der Waals surface area contributed by atoms with E-state index in [-0.39, 0.29) is 12.6 Å². The molecule has 1 saturated carbocycles. The van der Waals surface area contributed by atoms with Crippen molar-refractivity contribution in [1.29, 1.82) is 0 Å². The summed E-state index contributed by atoms with van der Waals surface area (Å²) in [6.45, 7) is 4.54. The van der Waals surface area contributed by atoms with Crippen LogP contribution in [0.25, 0.3) is 0 Å². The van der Waals surface area contributed by atoms with Gasteiger partial charge in [0.15, 0.2) is 0 Å². The van der Waals surface area contributed by atoms with Crippen LogP contribution in [0.3, 0.4) is 0 Å². The van der Waals surface area contributed by atoms with Crippen LogP contribution in [0.1, 0.15) is 33.1 Å². The molecule has 0 atom stereocenters. The molecule has 1 aliphatic carbocycles. The number of rotatable bonds is 5. The van der Waals surface area contributed by atoms with Crippen LogP contribution in [0, 0.1) is 5.92 Å². The molecule has 0 saturated heterocycles. The fourth-order valence-corrected chi connectivity index (χ4v) is 1.53. The van der Waals surface area contributed by atoms with Gasteiger partial charge in [0.05, 0.1) is 12.7 Å². The van der Waals surface area contributed by atoms with Crippen LogP contribution in [0.5, 0.6) is 0 Å². The molecule has 1 aliphatic rings. The van der Waals surface area contributed by atoms with Crippen molar-refractivity contribution in [3.8, 4) is 0 Å². The Morgan fingerprint density at radius 2 is 2.08 bits per heavy atom. The zero-order chi connectivity index (χ0) is 9.68. The van der Waals surface area contributed by atoms with Gasteiger partial charge >= 0.3 is 5.97 Å². The van der Waals surface area contributed by atoms with E-state index in [0.29, 0.717) is 12.7 Å². The monoisotopic (exact) mass is 186 g/mol. The minimum absolute atomic E-state index is 0.120. The van der Waals surface area contributed by atoms with Crippen molar-refractivity contribution < 1.29 is 14.3 Å². The molecule has 76 valence electrons. The molecule has 0 aromatic carbocycles. The average molecular weight is 186 g/mol. The van der Waals surface area contributed by atoms with Gasteiger partial charge < -0.3 is 9.47 Å². The molecular formula is C10H18O3. The van der Waals surface area contributed by atoms with E-state index in [1.807, 2.05) is 0 Å². The van der Waals surface area contributed by atoms with Crippen LogP contribution in [0.2, 0.25) is 0 Å². The van der Waals surface area contributed by atoms with Gasteiger partial charge in [-0.1, -0.05) is 13.3 Å². The van der Waals surface area contributed by atoms with Crippen LogP contribution in [0.4, 0.5) is 0 Å².